The minimum Gasteiger partial charge on any atom is -0.352 e. The zero-order valence-corrected chi connectivity index (χ0v) is 17.8. The van der Waals surface area contributed by atoms with E-state index in [1.807, 2.05) is 69.3 Å². The minimum absolute atomic E-state index is 0.0222. The molecule has 1 atom stereocenters. The second-order valence-corrected chi connectivity index (χ2v) is 7.85. The fourth-order valence-corrected chi connectivity index (χ4v) is 3.31. The Morgan fingerprint density at radius 3 is 2.43 bits per heavy atom. The fourth-order valence-electron chi connectivity index (χ4n) is 3.08. The van der Waals surface area contributed by atoms with E-state index in [9.17, 15) is 9.59 Å². The Hall–Kier alpha value is -2.33. The Kier molecular flexibility index (Phi) is 8.06. The molecule has 0 bridgehead atoms. The Bertz CT molecular complexity index is 820. The van der Waals surface area contributed by atoms with Crippen LogP contribution in [0.1, 0.15) is 43.9 Å². The Morgan fingerprint density at radius 1 is 1.07 bits per heavy atom. The van der Waals surface area contributed by atoms with E-state index >= 15 is 0 Å². The molecular formula is C23H29ClN2O2. The lowest BCUT2D eigenvalue weighted by Gasteiger charge is -2.29. The maximum Gasteiger partial charge on any atom is 0.242 e. The highest BCUT2D eigenvalue weighted by Gasteiger charge is 2.26. The van der Waals surface area contributed by atoms with E-state index in [1.54, 1.807) is 11.8 Å². The lowest BCUT2D eigenvalue weighted by Crippen LogP contribution is -2.49. The molecule has 0 fully saturated rings. The van der Waals surface area contributed by atoms with Gasteiger partial charge >= 0.3 is 0 Å². The van der Waals surface area contributed by atoms with Crippen LogP contribution in [0.5, 0.6) is 0 Å². The van der Waals surface area contributed by atoms with Crippen LogP contribution in [0.3, 0.4) is 0 Å². The highest BCUT2D eigenvalue weighted by molar-refractivity contribution is 6.31. The summed E-state index contributed by atoms with van der Waals surface area (Å²) in [6, 6.07) is 15.0. The molecule has 2 aromatic rings. The molecule has 0 spiro atoms. The number of carbonyl (C=O) groups is 2. The standard InChI is InChI=1S/C23H29ClN2O2/c1-16(2)25-23(28)18(4)26(15-19-9-7-8-17(3)14-19)22(27)13-12-20-10-5-6-11-21(20)24/h5-11,14,16,18H,12-13,15H2,1-4H3,(H,25,28). The summed E-state index contributed by atoms with van der Waals surface area (Å²) in [6.45, 7) is 8.02. The van der Waals surface area contributed by atoms with Crippen LogP contribution in [0.4, 0.5) is 0 Å². The molecule has 2 amide bonds. The number of amides is 2. The number of nitrogens with one attached hydrogen (secondary N) is 1. The van der Waals surface area contributed by atoms with Crippen molar-refractivity contribution in [1.82, 2.24) is 10.2 Å². The maximum atomic E-state index is 13.1. The van der Waals surface area contributed by atoms with Gasteiger partial charge in [0.25, 0.3) is 0 Å². The van der Waals surface area contributed by atoms with Gasteiger partial charge in [0.05, 0.1) is 0 Å². The first kappa shape index (κ1) is 22.0. The summed E-state index contributed by atoms with van der Waals surface area (Å²) >= 11 is 6.22. The minimum atomic E-state index is -0.554. The molecule has 28 heavy (non-hydrogen) atoms. The second kappa shape index (κ2) is 10.3. The first-order chi connectivity index (χ1) is 13.3. The van der Waals surface area contributed by atoms with Crippen molar-refractivity contribution in [2.75, 3.05) is 0 Å². The Labute approximate surface area is 172 Å². The molecule has 5 heteroatoms. The molecule has 1 N–H and O–H groups in total. The van der Waals surface area contributed by atoms with Crippen molar-refractivity contribution >= 4 is 23.4 Å². The van der Waals surface area contributed by atoms with Crippen LogP contribution >= 0.6 is 11.6 Å². The van der Waals surface area contributed by atoms with Crippen molar-refractivity contribution in [2.45, 2.75) is 59.2 Å². The van der Waals surface area contributed by atoms with E-state index in [4.69, 9.17) is 11.6 Å². The molecular weight excluding hydrogens is 372 g/mol. The highest BCUT2D eigenvalue weighted by atomic mass is 35.5. The van der Waals surface area contributed by atoms with Gasteiger partial charge in [-0.1, -0.05) is 59.6 Å². The maximum absolute atomic E-state index is 13.1. The summed E-state index contributed by atoms with van der Waals surface area (Å²) < 4.78 is 0. The third-order valence-corrected chi connectivity index (χ3v) is 4.97. The first-order valence-corrected chi connectivity index (χ1v) is 10.0. The predicted octanol–water partition coefficient (Wildman–Crippen LogP) is 4.52. The summed E-state index contributed by atoms with van der Waals surface area (Å²) in [5.74, 6) is -0.207. The van der Waals surface area contributed by atoms with Gasteiger partial charge in [-0.15, -0.1) is 0 Å². The van der Waals surface area contributed by atoms with Crippen molar-refractivity contribution in [3.8, 4) is 0 Å². The molecule has 0 radical (unpaired) electrons. The normalized spacial score (nSPS) is 11.9. The van der Waals surface area contributed by atoms with Crippen molar-refractivity contribution in [1.29, 1.82) is 0 Å². The van der Waals surface area contributed by atoms with Gasteiger partial charge in [0.2, 0.25) is 11.8 Å². The number of hydrogen-bond acceptors (Lipinski definition) is 2. The SMILES string of the molecule is Cc1cccc(CN(C(=O)CCc2ccccc2Cl)C(C)C(=O)NC(C)C)c1. The predicted molar refractivity (Wildman–Crippen MR) is 114 cm³/mol. The molecule has 0 aliphatic carbocycles. The van der Waals surface area contributed by atoms with Crippen molar-refractivity contribution in [3.63, 3.8) is 0 Å². The third kappa shape index (κ3) is 6.38. The van der Waals surface area contributed by atoms with Gasteiger partial charge in [0.15, 0.2) is 0 Å². The van der Waals surface area contributed by atoms with Crippen LogP contribution < -0.4 is 5.32 Å². The molecule has 0 saturated carbocycles. The van der Waals surface area contributed by atoms with Crippen molar-refractivity contribution in [3.05, 3.63) is 70.2 Å². The van der Waals surface area contributed by atoms with Crippen LogP contribution in [0, 0.1) is 6.92 Å². The van der Waals surface area contributed by atoms with E-state index in [1.165, 1.54) is 0 Å². The van der Waals surface area contributed by atoms with Gasteiger partial charge in [-0.05, 0) is 51.3 Å². The lowest BCUT2D eigenvalue weighted by atomic mass is 10.1. The molecule has 0 saturated heterocycles. The first-order valence-electron chi connectivity index (χ1n) is 9.66. The largest absolute Gasteiger partial charge is 0.352 e. The molecule has 4 nitrogen and oxygen atoms in total. The van der Waals surface area contributed by atoms with Crippen molar-refractivity contribution < 1.29 is 9.59 Å². The van der Waals surface area contributed by atoms with Crippen LogP contribution in [0.25, 0.3) is 0 Å². The third-order valence-electron chi connectivity index (χ3n) is 4.60. The number of rotatable bonds is 8. The number of halogens is 1. The van der Waals surface area contributed by atoms with E-state index in [2.05, 4.69) is 5.32 Å². The van der Waals surface area contributed by atoms with Crippen LogP contribution in [0.2, 0.25) is 5.02 Å². The molecule has 2 aromatic carbocycles. The molecule has 0 aromatic heterocycles. The van der Waals surface area contributed by atoms with Gasteiger partial charge in [0.1, 0.15) is 6.04 Å². The topological polar surface area (TPSA) is 49.4 Å². The molecule has 0 aliphatic rings. The molecule has 0 heterocycles. The molecule has 1 unspecified atom stereocenters. The average molecular weight is 401 g/mol. The zero-order chi connectivity index (χ0) is 20.7. The summed E-state index contributed by atoms with van der Waals surface area (Å²) in [5.41, 5.74) is 3.07. The van der Waals surface area contributed by atoms with Crippen LogP contribution in [-0.2, 0) is 22.6 Å². The number of nitrogens with zero attached hydrogens (tertiary/aromatic N) is 1. The Balaban J connectivity index is 2.17. The summed E-state index contributed by atoms with van der Waals surface area (Å²) in [6.07, 6.45) is 0.843. The van der Waals surface area contributed by atoms with Gasteiger partial charge in [-0.3, -0.25) is 9.59 Å². The second-order valence-electron chi connectivity index (χ2n) is 7.44. The van der Waals surface area contributed by atoms with Gasteiger partial charge in [-0.25, -0.2) is 0 Å². The van der Waals surface area contributed by atoms with Crippen LogP contribution in [-0.4, -0.2) is 28.8 Å². The monoisotopic (exact) mass is 400 g/mol. The number of aryl methyl sites for hydroxylation is 2. The number of hydrogen-bond donors (Lipinski definition) is 1. The quantitative estimate of drug-likeness (QED) is 0.708. The van der Waals surface area contributed by atoms with Gasteiger partial charge < -0.3 is 10.2 Å². The average Bonchev–Trinajstić information content (AvgIpc) is 2.64. The number of benzene rings is 2. The number of carbonyl (C=O) groups excluding carboxylic acids is 2. The van der Waals surface area contributed by atoms with E-state index in [0.717, 1.165) is 16.7 Å². The van der Waals surface area contributed by atoms with Crippen LogP contribution in [0.15, 0.2) is 48.5 Å². The Morgan fingerprint density at radius 2 is 1.79 bits per heavy atom. The van der Waals surface area contributed by atoms with Gasteiger partial charge in [0, 0.05) is 24.0 Å². The summed E-state index contributed by atoms with van der Waals surface area (Å²) in [5, 5.41) is 3.56. The zero-order valence-electron chi connectivity index (χ0n) is 17.0. The fraction of sp³-hybridized carbons (Fsp3) is 0.391. The summed E-state index contributed by atoms with van der Waals surface area (Å²) in [7, 11) is 0. The van der Waals surface area contributed by atoms with E-state index < -0.39 is 6.04 Å². The molecule has 2 rings (SSSR count). The highest BCUT2D eigenvalue weighted by Crippen LogP contribution is 2.18. The van der Waals surface area contributed by atoms with Crippen molar-refractivity contribution in [2.24, 2.45) is 0 Å². The summed E-state index contributed by atoms with van der Waals surface area (Å²) in [4.78, 5) is 27.3. The van der Waals surface area contributed by atoms with E-state index in [0.29, 0.717) is 24.4 Å². The molecule has 150 valence electrons. The van der Waals surface area contributed by atoms with Gasteiger partial charge in [-0.2, -0.15) is 0 Å². The smallest absolute Gasteiger partial charge is 0.242 e. The molecule has 0 aliphatic heterocycles. The van der Waals surface area contributed by atoms with E-state index in [-0.39, 0.29) is 17.9 Å². The lowest BCUT2D eigenvalue weighted by molar-refractivity contribution is -0.140.